The maximum Gasteiger partial charge on any atom is 0.521 e. The van der Waals surface area contributed by atoms with Crippen molar-refractivity contribution in [3.8, 4) is 5.75 Å². The van der Waals surface area contributed by atoms with Gasteiger partial charge in [0.2, 0.25) is 5.91 Å². The van der Waals surface area contributed by atoms with Crippen LogP contribution in [-0.2, 0) is 9.53 Å². The summed E-state index contributed by atoms with van der Waals surface area (Å²) in [4.78, 5) is 23.7. The fraction of sp³-hybridized carbons (Fsp3) is 0.529. The van der Waals surface area contributed by atoms with Crippen molar-refractivity contribution in [1.29, 1.82) is 0 Å². The summed E-state index contributed by atoms with van der Waals surface area (Å²) in [6, 6.07) is 6.81. The van der Waals surface area contributed by atoms with Crippen molar-refractivity contribution >= 4 is 17.7 Å². The summed E-state index contributed by atoms with van der Waals surface area (Å²) in [5.74, 6) is 0.322. The number of nitrogens with one attached hydrogen (secondary N) is 1. The van der Waals surface area contributed by atoms with Crippen molar-refractivity contribution in [3.63, 3.8) is 0 Å². The van der Waals surface area contributed by atoms with Crippen LogP contribution in [0.3, 0.4) is 0 Å². The molecule has 6 heteroatoms. The minimum atomic E-state index is -0.371. The molecule has 0 aliphatic heterocycles. The first-order valence-corrected chi connectivity index (χ1v) is 7.92. The van der Waals surface area contributed by atoms with Gasteiger partial charge in [-0.25, -0.2) is 4.48 Å². The minimum absolute atomic E-state index is 0.0647. The van der Waals surface area contributed by atoms with Gasteiger partial charge in [0.05, 0.1) is 20.7 Å². The van der Waals surface area contributed by atoms with E-state index < -0.39 is 0 Å². The van der Waals surface area contributed by atoms with Crippen LogP contribution in [0.4, 0.5) is 10.5 Å². The Bertz CT molecular complexity index is 529. The lowest BCUT2D eigenvalue weighted by atomic mass is 10.3. The van der Waals surface area contributed by atoms with E-state index in [-0.39, 0.29) is 16.5 Å². The van der Waals surface area contributed by atoms with Crippen molar-refractivity contribution in [3.05, 3.63) is 24.3 Å². The third-order valence-electron chi connectivity index (χ3n) is 3.28. The van der Waals surface area contributed by atoms with Gasteiger partial charge in [-0.3, -0.25) is 4.79 Å². The zero-order chi connectivity index (χ0) is 17.3. The summed E-state index contributed by atoms with van der Waals surface area (Å²) in [6.45, 7) is 5.54. The molecule has 0 aromatic heterocycles. The second-order valence-electron chi connectivity index (χ2n) is 5.82. The van der Waals surface area contributed by atoms with Gasteiger partial charge in [0.1, 0.15) is 12.3 Å². The summed E-state index contributed by atoms with van der Waals surface area (Å²) in [6.07, 6.45) is 0.976. The quantitative estimate of drug-likeness (QED) is 0.590. The third kappa shape index (κ3) is 6.80. The summed E-state index contributed by atoms with van der Waals surface area (Å²) in [7, 11) is 3.56. The molecule has 0 unspecified atom stereocenters. The van der Waals surface area contributed by atoms with Crippen LogP contribution in [0.2, 0.25) is 0 Å². The number of hydrogen-bond donors (Lipinski definition) is 1. The van der Waals surface area contributed by atoms with Crippen molar-refractivity contribution < 1.29 is 23.5 Å². The predicted molar refractivity (Wildman–Crippen MR) is 89.5 cm³/mol. The van der Waals surface area contributed by atoms with E-state index in [9.17, 15) is 9.59 Å². The van der Waals surface area contributed by atoms with Crippen molar-refractivity contribution in [2.75, 3.05) is 39.2 Å². The molecule has 23 heavy (non-hydrogen) atoms. The molecule has 0 atom stereocenters. The van der Waals surface area contributed by atoms with E-state index in [2.05, 4.69) is 5.32 Å². The summed E-state index contributed by atoms with van der Waals surface area (Å²) in [5.41, 5.74) is 0.610. The number of likely N-dealkylation sites (N-methyl/N-ethyl adjacent to an activating group) is 1. The third-order valence-corrected chi connectivity index (χ3v) is 3.28. The highest BCUT2D eigenvalue weighted by Gasteiger charge is 2.29. The molecule has 128 valence electrons. The first kappa shape index (κ1) is 19.1. The van der Waals surface area contributed by atoms with Gasteiger partial charge in [-0.1, -0.05) is 19.9 Å². The number of nitrogens with zero attached hydrogens (tertiary/aromatic N) is 1. The van der Waals surface area contributed by atoms with Crippen LogP contribution >= 0.6 is 0 Å². The fourth-order valence-electron chi connectivity index (χ4n) is 1.74. The highest BCUT2D eigenvalue weighted by atomic mass is 16.6. The summed E-state index contributed by atoms with van der Waals surface area (Å²) >= 11 is 0. The van der Waals surface area contributed by atoms with Crippen LogP contribution in [-0.4, -0.2) is 50.3 Å². The Morgan fingerprint density at radius 2 is 1.91 bits per heavy atom. The SMILES string of the molecule is CCCOCC[N+](C)(C)C(=O)Oc1cccc(NC(=O)CC)c1. The topological polar surface area (TPSA) is 64.6 Å². The number of carbonyl (C=O) groups is 2. The predicted octanol–water partition coefficient (Wildman–Crippen LogP) is 3.04. The van der Waals surface area contributed by atoms with Gasteiger partial charge in [0, 0.05) is 24.8 Å². The van der Waals surface area contributed by atoms with Gasteiger partial charge >= 0.3 is 6.09 Å². The number of hydrogen-bond acceptors (Lipinski definition) is 4. The molecule has 1 rings (SSSR count). The Balaban J connectivity index is 2.61. The first-order chi connectivity index (χ1) is 10.9. The number of amides is 2. The maximum absolute atomic E-state index is 12.3. The number of benzene rings is 1. The zero-order valence-corrected chi connectivity index (χ0v) is 14.4. The average molecular weight is 323 g/mol. The first-order valence-electron chi connectivity index (χ1n) is 7.92. The fourth-order valence-corrected chi connectivity index (χ4v) is 1.74. The molecule has 2 amide bonds. The van der Waals surface area contributed by atoms with Gasteiger partial charge in [-0.05, 0) is 18.6 Å². The molecule has 0 heterocycles. The molecule has 0 spiro atoms. The van der Waals surface area contributed by atoms with E-state index in [1.807, 2.05) is 6.92 Å². The van der Waals surface area contributed by atoms with E-state index in [0.717, 1.165) is 6.42 Å². The van der Waals surface area contributed by atoms with Crippen LogP contribution in [0.5, 0.6) is 5.75 Å². The standard InChI is InChI=1S/C17H26N2O4/c1-5-11-22-12-10-19(3,4)17(21)23-15-9-7-8-14(13-15)18-16(20)6-2/h7-9,13H,5-6,10-12H2,1-4H3/p+1. The highest BCUT2D eigenvalue weighted by molar-refractivity contribution is 5.90. The van der Waals surface area contributed by atoms with E-state index in [4.69, 9.17) is 9.47 Å². The maximum atomic E-state index is 12.3. The van der Waals surface area contributed by atoms with Gasteiger partial charge in [0.15, 0.2) is 0 Å². The van der Waals surface area contributed by atoms with Crippen LogP contribution in [0, 0.1) is 0 Å². The summed E-state index contributed by atoms with van der Waals surface area (Å²) in [5, 5.41) is 2.74. The molecule has 1 N–H and O–H groups in total. The van der Waals surface area contributed by atoms with Crippen LogP contribution in [0.15, 0.2) is 24.3 Å². The Hall–Kier alpha value is -1.92. The van der Waals surface area contributed by atoms with Gasteiger partial charge < -0.3 is 14.8 Å². The Morgan fingerprint density at radius 3 is 2.57 bits per heavy atom. The number of rotatable bonds is 8. The van der Waals surface area contributed by atoms with Crippen LogP contribution in [0.25, 0.3) is 0 Å². The van der Waals surface area contributed by atoms with Gasteiger partial charge in [0.25, 0.3) is 0 Å². The Kier molecular flexibility index (Phi) is 7.71. The molecule has 1 aromatic carbocycles. The zero-order valence-electron chi connectivity index (χ0n) is 14.4. The lowest BCUT2D eigenvalue weighted by molar-refractivity contribution is -0.815. The number of quaternary nitrogens is 1. The van der Waals surface area contributed by atoms with Crippen molar-refractivity contribution in [1.82, 2.24) is 0 Å². The second-order valence-corrected chi connectivity index (χ2v) is 5.82. The van der Waals surface area contributed by atoms with Crippen LogP contribution < -0.4 is 10.1 Å². The molecule has 0 fully saturated rings. The lowest BCUT2D eigenvalue weighted by Gasteiger charge is -2.25. The highest BCUT2D eigenvalue weighted by Crippen LogP contribution is 2.19. The lowest BCUT2D eigenvalue weighted by Crippen LogP contribution is -2.49. The number of anilines is 1. The number of ether oxygens (including phenoxy) is 2. The molecule has 0 saturated heterocycles. The van der Waals surface area contributed by atoms with E-state index >= 15 is 0 Å². The molecule has 0 radical (unpaired) electrons. The monoisotopic (exact) mass is 323 g/mol. The molecule has 1 aromatic rings. The largest absolute Gasteiger partial charge is 0.521 e. The van der Waals surface area contributed by atoms with E-state index in [0.29, 0.717) is 37.6 Å². The molecule has 0 bridgehead atoms. The van der Waals surface area contributed by atoms with Gasteiger partial charge in [-0.2, -0.15) is 4.79 Å². The van der Waals surface area contributed by atoms with E-state index in [1.165, 1.54) is 0 Å². The Morgan fingerprint density at radius 1 is 1.17 bits per heavy atom. The second kappa shape index (κ2) is 9.27. The molecular formula is C17H27N2O4+. The molecule has 0 saturated carbocycles. The van der Waals surface area contributed by atoms with Gasteiger partial charge in [-0.15, -0.1) is 0 Å². The Labute approximate surface area is 138 Å². The minimum Gasteiger partial charge on any atom is -0.381 e. The molecule has 0 aliphatic carbocycles. The smallest absolute Gasteiger partial charge is 0.381 e. The van der Waals surface area contributed by atoms with E-state index in [1.54, 1.807) is 45.3 Å². The van der Waals surface area contributed by atoms with Crippen molar-refractivity contribution in [2.24, 2.45) is 0 Å². The molecule has 0 aliphatic rings. The average Bonchev–Trinajstić information content (AvgIpc) is 2.51. The summed E-state index contributed by atoms with van der Waals surface area (Å²) < 4.78 is 10.9. The van der Waals surface area contributed by atoms with Crippen LogP contribution in [0.1, 0.15) is 26.7 Å². The normalized spacial score (nSPS) is 11.1. The molecular weight excluding hydrogens is 296 g/mol. The van der Waals surface area contributed by atoms with Crippen molar-refractivity contribution in [2.45, 2.75) is 26.7 Å². The molecule has 6 nitrogen and oxygen atoms in total. The number of carbonyl (C=O) groups excluding carboxylic acids is 2.